The Balaban J connectivity index is 1.24. The van der Waals surface area contributed by atoms with Crippen molar-refractivity contribution in [2.75, 3.05) is 13.1 Å². The Morgan fingerprint density at radius 1 is 1.36 bits per heavy atom. The molecule has 1 amide bonds. The normalized spacial score (nSPS) is 34.4. The molecule has 4 unspecified atom stereocenters. The van der Waals surface area contributed by atoms with E-state index in [2.05, 4.69) is 15.6 Å². The molecule has 0 aromatic heterocycles. The van der Waals surface area contributed by atoms with E-state index in [0.717, 1.165) is 18.5 Å². The smallest absolute Gasteiger partial charge is 0.258 e. The van der Waals surface area contributed by atoms with Crippen molar-refractivity contribution in [2.24, 2.45) is 10.9 Å². The van der Waals surface area contributed by atoms with Crippen molar-refractivity contribution in [1.29, 1.82) is 5.41 Å². The quantitative estimate of drug-likeness (QED) is 0.591. The van der Waals surface area contributed by atoms with Gasteiger partial charge in [0.1, 0.15) is 23.5 Å². The van der Waals surface area contributed by atoms with E-state index in [1.807, 2.05) is 13.8 Å². The lowest BCUT2D eigenvalue weighted by atomic mass is 9.73. The van der Waals surface area contributed by atoms with Crippen LogP contribution in [-0.2, 0) is 0 Å². The third-order valence-electron chi connectivity index (χ3n) is 7.75. The third kappa shape index (κ3) is 3.14. The van der Waals surface area contributed by atoms with Gasteiger partial charge in [0, 0.05) is 41.3 Å². The van der Waals surface area contributed by atoms with E-state index in [1.165, 1.54) is 24.6 Å². The number of nitrogens with zero attached hydrogens (tertiary/aromatic N) is 2. The second kappa shape index (κ2) is 7.14. The maximum Gasteiger partial charge on any atom is 0.258 e. The number of ether oxygens (including phenoxy) is 1. The SMILES string of the molecule is CC1=N/C(=C2\CN(C(=O)c3ccc(F)cc3OC3CC4NC45CCC35)CC2=N)NC(C)=C1Cl. The van der Waals surface area contributed by atoms with Crippen LogP contribution in [0.1, 0.15) is 43.5 Å². The summed E-state index contributed by atoms with van der Waals surface area (Å²) in [5, 5.41) is 15.7. The molecular weight excluding hydrogens is 445 g/mol. The summed E-state index contributed by atoms with van der Waals surface area (Å²) in [5.74, 6) is 0.538. The molecule has 33 heavy (non-hydrogen) atoms. The number of likely N-dealkylation sites (tertiary alicyclic amines) is 1. The molecule has 1 spiro atoms. The molecule has 3 aliphatic heterocycles. The number of benzene rings is 1. The number of rotatable bonds is 3. The van der Waals surface area contributed by atoms with Crippen LogP contribution in [0.5, 0.6) is 5.75 Å². The van der Waals surface area contributed by atoms with Crippen LogP contribution in [0.15, 0.2) is 45.3 Å². The van der Waals surface area contributed by atoms with Crippen molar-refractivity contribution < 1.29 is 13.9 Å². The average molecular weight is 470 g/mol. The summed E-state index contributed by atoms with van der Waals surface area (Å²) in [4.78, 5) is 19.5. The minimum atomic E-state index is -0.432. The Kier molecular flexibility index (Phi) is 4.52. The van der Waals surface area contributed by atoms with Crippen molar-refractivity contribution >= 4 is 28.9 Å². The number of hydrogen-bond acceptors (Lipinski definition) is 6. The zero-order chi connectivity index (χ0) is 23.1. The summed E-state index contributed by atoms with van der Waals surface area (Å²) >= 11 is 6.22. The fourth-order valence-electron chi connectivity index (χ4n) is 5.82. The van der Waals surface area contributed by atoms with Gasteiger partial charge in [-0.2, -0.15) is 0 Å². The highest BCUT2D eigenvalue weighted by molar-refractivity contribution is 6.43. The number of piperidine rings is 1. The number of nitrogens with one attached hydrogen (secondary N) is 3. The fourth-order valence-corrected chi connectivity index (χ4v) is 5.90. The molecule has 172 valence electrons. The molecule has 2 saturated carbocycles. The lowest BCUT2D eigenvalue weighted by Gasteiger charge is -2.37. The summed E-state index contributed by atoms with van der Waals surface area (Å²) in [6.07, 6.45) is 3.15. The molecule has 4 fully saturated rings. The summed E-state index contributed by atoms with van der Waals surface area (Å²) in [6, 6.07) is 4.56. The van der Waals surface area contributed by atoms with Gasteiger partial charge in [0.2, 0.25) is 0 Å². The molecule has 2 aliphatic carbocycles. The van der Waals surface area contributed by atoms with Gasteiger partial charge in [0.05, 0.1) is 35.1 Å². The molecule has 7 nitrogen and oxygen atoms in total. The van der Waals surface area contributed by atoms with E-state index in [1.54, 1.807) is 4.90 Å². The maximum absolute atomic E-state index is 14.1. The first-order valence-corrected chi connectivity index (χ1v) is 11.7. The van der Waals surface area contributed by atoms with Crippen LogP contribution < -0.4 is 15.4 Å². The second-order valence-corrected chi connectivity index (χ2v) is 10.0. The molecule has 5 aliphatic rings. The molecule has 4 atom stereocenters. The van der Waals surface area contributed by atoms with E-state index in [9.17, 15) is 9.18 Å². The predicted octanol–water partition coefficient (Wildman–Crippen LogP) is 3.32. The van der Waals surface area contributed by atoms with E-state index in [0.29, 0.717) is 45.4 Å². The molecule has 2 saturated heterocycles. The van der Waals surface area contributed by atoms with Crippen LogP contribution >= 0.6 is 11.6 Å². The molecule has 1 aromatic rings. The van der Waals surface area contributed by atoms with Crippen molar-refractivity contribution in [3.8, 4) is 5.75 Å². The lowest BCUT2D eigenvalue weighted by Crippen LogP contribution is -2.44. The topological polar surface area (TPSA) is 99.7 Å². The maximum atomic E-state index is 14.1. The highest BCUT2D eigenvalue weighted by atomic mass is 35.5. The molecule has 6 rings (SSSR count). The molecule has 9 heteroatoms. The second-order valence-electron chi connectivity index (χ2n) is 9.64. The zero-order valence-electron chi connectivity index (χ0n) is 18.5. The van der Waals surface area contributed by atoms with E-state index in [4.69, 9.17) is 21.7 Å². The third-order valence-corrected chi connectivity index (χ3v) is 8.31. The standard InChI is InChI=1S/C24H25ClFN5O2/c1-11-21(25)12(2)29-22(28-11)15-9-31(10-17(15)27)23(32)14-4-3-13(26)7-18(14)33-19-8-20-24(30-20)6-5-16(19)24/h3-4,7,16,19-20,27-28,30H,5-6,8-10H2,1-2H3/b22-15+,27-17?. The average Bonchev–Trinajstić information content (AvgIpc) is 3.31. The highest BCUT2D eigenvalue weighted by Gasteiger charge is 2.71. The molecule has 3 heterocycles. The van der Waals surface area contributed by atoms with Gasteiger partial charge < -0.3 is 25.7 Å². The van der Waals surface area contributed by atoms with Crippen LogP contribution in [0, 0.1) is 17.1 Å². The molecule has 0 bridgehead atoms. The van der Waals surface area contributed by atoms with Gasteiger partial charge >= 0.3 is 0 Å². The number of carbonyl (C=O) groups is 1. The van der Waals surface area contributed by atoms with Gasteiger partial charge in [0.25, 0.3) is 5.91 Å². The minimum absolute atomic E-state index is 0.00355. The minimum Gasteiger partial charge on any atom is -0.489 e. The number of halogens is 2. The van der Waals surface area contributed by atoms with Gasteiger partial charge in [-0.1, -0.05) is 11.6 Å². The van der Waals surface area contributed by atoms with Gasteiger partial charge in [0.15, 0.2) is 0 Å². The lowest BCUT2D eigenvalue weighted by molar-refractivity contribution is 0.0709. The summed E-state index contributed by atoms with van der Waals surface area (Å²) in [7, 11) is 0. The van der Waals surface area contributed by atoms with E-state index >= 15 is 0 Å². The largest absolute Gasteiger partial charge is 0.489 e. The Hall–Kier alpha value is -2.71. The van der Waals surface area contributed by atoms with Gasteiger partial charge in [-0.15, -0.1) is 0 Å². The number of allylic oxidation sites excluding steroid dienone is 2. The molecule has 0 radical (unpaired) electrons. The van der Waals surface area contributed by atoms with Crippen molar-refractivity contribution in [3.05, 3.63) is 51.7 Å². The zero-order valence-corrected chi connectivity index (χ0v) is 19.2. The van der Waals surface area contributed by atoms with E-state index < -0.39 is 5.82 Å². The first-order chi connectivity index (χ1) is 15.8. The van der Waals surface area contributed by atoms with Crippen LogP contribution in [0.3, 0.4) is 0 Å². The predicted molar refractivity (Wildman–Crippen MR) is 123 cm³/mol. The highest BCUT2D eigenvalue weighted by Crippen LogP contribution is 2.60. The number of aliphatic imine (C=N–C) groups is 1. The van der Waals surface area contributed by atoms with Crippen LogP contribution in [-0.4, -0.2) is 53.0 Å². The molecular formula is C24H25ClFN5O2. The first kappa shape index (κ1) is 20.9. The monoisotopic (exact) mass is 469 g/mol. The fraction of sp³-hybridized carbons (Fsp3) is 0.458. The number of amides is 1. The Bertz CT molecular complexity index is 1200. The Morgan fingerprint density at radius 2 is 2.18 bits per heavy atom. The van der Waals surface area contributed by atoms with Crippen molar-refractivity contribution in [3.63, 3.8) is 0 Å². The molecule has 1 aromatic carbocycles. The first-order valence-electron chi connectivity index (χ1n) is 11.3. The summed E-state index contributed by atoms with van der Waals surface area (Å²) in [6.45, 7) is 4.05. The van der Waals surface area contributed by atoms with Crippen LogP contribution in [0.25, 0.3) is 0 Å². The van der Waals surface area contributed by atoms with Crippen molar-refractivity contribution in [1.82, 2.24) is 15.5 Å². The van der Waals surface area contributed by atoms with Gasteiger partial charge in [-0.05, 0) is 38.8 Å². The summed E-state index contributed by atoms with van der Waals surface area (Å²) in [5.41, 5.74) is 2.95. The van der Waals surface area contributed by atoms with Gasteiger partial charge in [-0.3, -0.25) is 4.79 Å². The van der Waals surface area contributed by atoms with Crippen LogP contribution in [0.2, 0.25) is 0 Å². The number of carbonyl (C=O) groups excluding carboxylic acids is 1. The molecule has 3 N–H and O–H groups in total. The van der Waals surface area contributed by atoms with E-state index in [-0.39, 0.29) is 36.4 Å². The number of hydrogen-bond donors (Lipinski definition) is 3. The Labute approximate surface area is 196 Å². The van der Waals surface area contributed by atoms with Crippen molar-refractivity contribution in [2.45, 2.75) is 50.8 Å². The van der Waals surface area contributed by atoms with Crippen LogP contribution in [0.4, 0.5) is 4.39 Å². The Morgan fingerprint density at radius 3 is 2.88 bits per heavy atom. The van der Waals surface area contributed by atoms with Gasteiger partial charge in [-0.25, -0.2) is 9.38 Å². The summed E-state index contributed by atoms with van der Waals surface area (Å²) < 4.78 is 20.4.